The average molecular weight is 404 g/mol. The summed E-state index contributed by atoms with van der Waals surface area (Å²) in [6.45, 7) is 3.59. The van der Waals surface area contributed by atoms with Crippen LogP contribution in [0, 0.1) is 5.92 Å². The van der Waals surface area contributed by atoms with E-state index in [9.17, 15) is 18.0 Å². The third-order valence-electron chi connectivity index (χ3n) is 4.14. The van der Waals surface area contributed by atoms with Crippen LogP contribution in [0.3, 0.4) is 0 Å². The van der Waals surface area contributed by atoms with Gasteiger partial charge in [-0.15, -0.1) is 5.10 Å². The van der Waals surface area contributed by atoms with Crippen molar-refractivity contribution in [2.45, 2.75) is 20.0 Å². The van der Waals surface area contributed by atoms with E-state index < -0.39 is 11.7 Å². The molecular formula is C20H19F3N4O2. The second-order valence-electron chi connectivity index (χ2n) is 6.60. The number of rotatable bonds is 5. The molecule has 0 unspecified atom stereocenters. The van der Waals surface area contributed by atoms with Crippen LogP contribution in [0.4, 0.5) is 18.9 Å². The predicted molar refractivity (Wildman–Crippen MR) is 102 cm³/mol. The van der Waals surface area contributed by atoms with E-state index in [-0.39, 0.29) is 17.8 Å². The Morgan fingerprint density at radius 1 is 1.07 bits per heavy atom. The third-order valence-corrected chi connectivity index (χ3v) is 4.14. The van der Waals surface area contributed by atoms with Crippen molar-refractivity contribution in [1.29, 1.82) is 0 Å². The van der Waals surface area contributed by atoms with Crippen molar-refractivity contribution in [2.75, 3.05) is 12.4 Å². The molecule has 2 aromatic carbocycles. The highest BCUT2D eigenvalue weighted by atomic mass is 19.4. The highest BCUT2D eigenvalue weighted by molar-refractivity contribution is 5.92. The Morgan fingerprint density at radius 2 is 1.69 bits per heavy atom. The maximum Gasteiger partial charge on any atom is 0.416 e. The van der Waals surface area contributed by atoms with Gasteiger partial charge in [-0.05, 0) is 36.4 Å². The van der Waals surface area contributed by atoms with Crippen LogP contribution >= 0.6 is 0 Å². The van der Waals surface area contributed by atoms with Crippen molar-refractivity contribution in [3.05, 3.63) is 54.1 Å². The highest BCUT2D eigenvalue weighted by Gasteiger charge is 2.30. The maximum absolute atomic E-state index is 12.8. The number of ether oxygens (including phenoxy) is 1. The number of benzene rings is 2. The van der Waals surface area contributed by atoms with E-state index in [4.69, 9.17) is 4.74 Å². The van der Waals surface area contributed by atoms with Crippen LogP contribution in [-0.2, 0) is 11.0 Å². The summed E-state index contributed by atoms with van der Waals surface area (Å²) in [4.78, 5) is 16.1. The Balaban J connectivity index is 1.94. The van der Waals surface area contributed by atoms with Gasteiger partial charge in [0.1, 0.15) is 0 Å². The van der Waals surface area contributed by atoms with Crippen LogP contribution in [0.25, 0.3) is 17.1 Å². The van der Waals surface area contributed by atoms with Crippen LogP contribution in [0.1, 0.15) is 19.4 Å². The van der Waals surface area contributed by atoms with Crippen molar-refractivity contribution in [3.63, 3.8) is 0 Å². The van der Waals surface area contributed by atoms with E-state index in [0.717, 1.165) is 12.1 Å². The minimum Gasteiger partial charge on any atom is -0.466 e. The summed E-state index contributed by atoms with van der Waals surface area (Å²) < 4.78 is 45.0. The van der Waals surface area contributed by atoms with E-state index in [1.54, 1.807) is 38.1 Å². The zero-order valence-corrected chi connectivity index (χ0v) is 16.0. The number of halogens is 3. The van der Waals surface area contributed by atoms with Crippen molar-refractivity contribution in [3.8, 4) is 23.1 Å². The zero-order valence-electron chi connectivity index (χ0n) is 16.0. The fourth-order valence-corrected chi connectivity index (χ4v) is 2.53. The van der Waals surface area contributed by atoms with E-state index in [0.29, 0.717) is 22.8 Å². The summed E-state index contributed by atoms with van der Waals surface area (Å²) >= 11 is 0. The summed E-state index contributed by atoms with van der Waals surface area (Å²) in [6.07, 6.45) is -4.42. The topological polar surface area (TPSA) is 69.0 Å². The van der Waals surface area contributed by atoms with Gasteiger partial charge in [0.25, 0.3) is 0 Å². The summed E-state index contributed by atoms with van der Waals surface area (Å²) in [5, 5.41) is 7.03. The number of anilines is 1. The van der Waals surface area contributed by atoms with Crippen LogP contribution < -0.4 is 10.1 Å². The van der Waals surface area contributed by atoms with Crippen molar-refractivity contribution < 1.29 is 22.7 Å². The van der Waals surface area contributed by atoms with Gasteiger partial charge in [0.05, 0.1) is 18.4 Å². The van der Waals surface area contributed by atoms with Gasteiger partial charge in [0, 0.05) is 17.2 Å². The second kappa shape index (κ2) is 7.94. The smallest absolute Gasteiger partial charge is 0.416 e. The Hall–Kier alpha value is -3.36. The minimum absolute atomic E-state index is 0.0806. The quantitative estimate of drug-likeness (QED) is 0.677. The number of alkyl halides is 3. The molecule has 0 fully saturated rings. The molecule has 29 heavy (non-hydrogen) atoms. The normalized spacial score (nSPS) is 11.6. The van der Waals surface area contributed by atoms with Gasteiger partial charge in [-0.1, -0.05) is 26.0 Å². The van der Waals surface area contributed by atoms with E-state index in [1.165, 1.54) is 23.9 Å². The number of hydrogen-bond acceptors (Lipinski definition) is 4. The van der Waals surface area contributed by atoms with Gasteiger partial charge in [-0.2, -0.15) is 18.2 Å². The number of carbonyl (C=O) groups excluding carboxylic acids is 1. The fraction of sp³-hybridized carbons (Fsp3) is 0.250. The summed E-state index contributed by atoms with van der Waals surface area (Å²) in [5.41, 5.74) is 0.935. The SMILES string of the molecule is COc1nc(-c2ccc(C(F)(F)F)cc2)n(-c2ccc(NC(=O)C(C)C)cc2)n1. The first-order valence-corrected chi connectivity index (χ1v) is 8.79. The summed E-state index contributed by atoms with van der Waals surface area (Å²) in [7, 11) is 1.40. The summed E-state index contributed by atoms with van der Waals surface area (Å²) in [5.74, 6) is 0.0701. The fourth-order valence-electron chi connectivity index (χ4n) is 2.53. The van der Waals surface area contributed by atoms with Crippen molar-refractivity contribution in [2.24, 2.45) is 5.92 Å². The molecule has 3 rings (SSSR count). The first-order chi connectivity index (χ1) is 13.7. The molecule has 0 spiro atoms. The number of nitrogens with zero attached hydrogens (tertiary/aromatic N) is 3. The largest absolute Gasteiger partial charge is 0.466 e. The molecule has 0 bridgehead atoms. The molecular weight excluding hydrogens is 385 g/mol. The number of methoxy groups -OCH3 is 1. The standard InChI is InChI=1S/C20H19F3N4O2/c1-12(2)18(28)24-15-8-10-16(11-9-15)27-17(25-19(26-27)29-3)13-4-6-14(7-5-13)20(21,22)23/h4-12H,1-3H3,(H,24,28). The minimum atomic E-state index is -4.42. The van der Waals surface area contributed by atoms with Crippen molar-refractivity contribution in [1.82, 2.24) is 14.8 Å². The van der Waals surface area contributed by atoms with Gasteiger partial charge < -0.3 is 10.1 Å². The average Bonchev–Trinajstić information content (AvgIpc) is 3.12. The Kier molecular flexibility index (Phi) is 5.58. The maximum atomic E-state index is 12.8. The van der Waals surface area contributed by atoms with Gasteiger partial charge in [-0.25, -0.2) is 4.68 Å². The zero-order chi connectivity index (χ0) is 21.2. The Morgan fingerprint density at radius 3 is 2.21 bits per heavy atom. The molecule has 3 aromatic rings. The van der Waals surface area contributed by atoms with Gasteiger partial charge >= 0.3 is 12.2 Å². The Bertz CT molecular complexity index is 994. The van der Waals surface area contributed by atoms with Crippen LogP contribution in [0.15, 0.2) is 48.5 Å². The lowest BCUT2D eigenvalue weighted by Crippen LogP contribution is -2.17. The predicted octanol–water partition coefficient (Wildman–Crippen LogP) is 4.56. The molecule has 0 aliphatic heterocycles. The van der Waals surface area contributed by atoms with E-state index in [1.807, 2.05) is 0 Å². The van der Waals surface area contributed by atoms with E-state index in [2.05, 4.69) is 15.4 Å². The molecule has 1 heterocycles. The third kappa shape index (κ3) is 4.56. The molecule has 0 aliphatic carbocycles. The lowest BCUT2D eigenvalue weighted by Gasteiger charge is -2.10. The lowest BCUT2D eigenvalue weighted by atomic mass is 10.1. The first kappa shape index (κ1) is 20.4. The van der Waals surface area contributed by atoms with Gasteiger partial charge in [0.15, 0.2) is 5.82 Å². The van der Waals surface area contributed by atoms with Gasteiger partial charge in [0.2, 0.25) is 5.91 Å². The first-order valence-electron chi connectivity index (χ1n) is 8.79. The highest BCUT2D eigenvalue weighted by Crippen LogP contribution is 2.31. The van der Waals surface area contributed by atoms with Crippen LogP contribution in [0.5, 0.6) is 6.01 Å². The lowest BCUT2D eigenvalue weighted by molar-refractivity contribution is -0.137. The van der Waals surface area contributed by atoms with E-state index >= 15 is 0 Å². The number of amides is 1. The van der Waals surface area contributed by atoms with Gasteiger partial charge in [-0.3, -0.25) is 4.79 Å². The molecule has 0 radical (unpaired) electrons. The molecule has 9 heteroatoms. The molecule has 6 nitrogen and oxygen atoms in total. The molecule has 1 amide bonds. The summed E-state index contributed by atoms with van der Waals surface area (Å²) in [6, 6.07) is 11.6. The number of aromatic nitrogens is 3. The molecule has 0 saturated carbocycles. The molecule has 1 N–H and O–H groups in total. The number of carbonyl (C=O) groups is 1. The van der Waals surface area contributed by atoms with Crippen LogP contribution in [-0.4, -0.2) is 27.8 Å². The van der Waals surface area contributed by atoms with Crippen molar-refractivity contribution >= 4 is 11.6 Å². The number of nitrogens with one attached hydrogen (secondary N) is 1. The molecule has 0 atom stereocenters. The molecule has 152 valence electrons. The molecule has 0 saturated heterocycles. The Labute approximate surface area is 165 Å². The van der Waals surface area contributed by atoms with Crippen LogP contribution in [0.2, 0.25) is 0 Å². The molecule has 1 aromatic heterocycles. The number of hydrogen-bond donors (Lipinski definition) is 1. The second-order valence-corrected chi connectivity index (χ2v) is 6.60. The monoisotopic (exact) mass is 404 g/mol. The molecule has 0 aliphatic rings.